The minimum atomic E-state index is -0.0498. The van der Waals surface area contributed by atoms with Gasteiger partial charge in [0.25, 0.3) is 11.8 Å². The molecule has 3 aromatic heterocycles. The molecule has 0 spiro atoms. The van der Waals surface area contributed by atoms with Crippen molar-refractivity contribution >= 4 is 17.3 Å². The number of ether oxygens (including phenoxy) is 1. The summed E-state index contributed by atoms with van der Waals surface area (Å²) in [6, 6.07) is 7.59. The fraction of sp³-hybridized carbons (Fsp3) is 0.391. The SMILES string of the molecule is O=C(c1cncc(-c2cccc3c(C(=O)N4CCCCC4)cnn23)c1)N1CCOCC1. The van der Waals surface area contributed by atoms with E-state index in [1.54, 1.807) is 28.0 Å². The maximum Gasteiger partial charge on any atom is 0.257 e. The average molecular weight is 419 g/mol. The number of aromatic nitrogens is 3. The van der Waals surface area contributed by atoms with E-state index >= 15 is 0 Å². The molecule has 31 heavy (non-hydrogen) atoms. The Morgan fingerprint density at radius 3 is 2.45 bits per heavy atom. The third kappa shape index (κ3) is 3.79. The molecule has 8 nitrogen and oxygen atoms in total. The molecule has 2 fully saturated rings. The van der Waals surface area contributed by atoms with E-state index in [0.717, 1.165) is 42.7 Å². The van der Waals surface area contributed by atoms with Gasteiger partial charge in [0.1, 0.15) is 0 Å². The highest BCUT2D eigenvalue weighted by atomic mass is 16.5. The zero-order valence-electron chi connectivity index (χ0n) is 17.4. The van der Waals surface area contributed by atoms with E-state index in [9.17, 15) is 9.59 Å². The number of hydrogen-bond acceptors (Lipinski definition) is 5. The van der Waals surface area contributed by atoms with E-state index in [2.05, 4.69) is 10.1 Å². The van der Waals surface area contributed by atoms with E-state index in [1.807, 2.05) is 29.2 Å². The normalized spacial score (nSPS) is 17.2. The van der Waals surface area contributed by atoms with E-state index in [4.69, 9.17) is 4.74 Å². The average Bonchev–Trinajstić information content (AvgIpc) is 3.28. The molecule has 0 unspecified atom stereocenters. The lowest BCUT2D eigenvalue weighted by Gasteiger charge is -2.26. The smallest absolute Gasteiger partial charge is 0.257 e. The van der Waals surface area contributed by atoms with Crippen molar-refractivity contribution in [3.05, 3.63) is 54.0 Å². The van der Waals surface area contributed by atoms with E-state index in [1.165, 1.54) is 6.42 Å². The summed E-state index contributed by atoms with van der Waals surface area (Å²) >= 11 is 0. The van der Waals surface area contributed by atoms with Gasteiger partial charge in [-0.1, -0.05) is 6.07 Å². The number of carbonyl (C=O) groups is 2. The second kappa shape index (κ2) is 8.47. The molecule has 0 atom stereocenters. The number of piperidine rings is 1. The first-order valence-corrected chi connectivity index (χ1v) is 10.8. The number of carbonyl (C=O) groups excluding carboxylic acids is 2. The zero-order valence-corrected chi connectivity index (χ0v) is 17.4. The molecule has 0 bridgehead atoms. The number of hydrogen-bond donors (Lipinski definition) is 0. The predicted octanol–water partition coefficient (Wildman–Crippen LogP) is 2.49. The summed E-state index contributed by atoms with van der Waals surface area (Å²) in [6.07, 6.45) is 8.23. The van der Waals surface area contributed by atoms with Crippen LogP contribution in [0, 0.1) is 0 Å². The van der Waals surface area contributed by atoms with Crippen molar-refractivity contribution in [2.45, 2.75) is 19.3 Å². The highest BCUT2D eigenvalue weighted by Gasteiger charge is 2.23. The highest BCUT2D eigenvalue weighted by Crippen LogP contribution is 2.24. The first kappa shape index (κ1) is 19.7. The van der Waals surface area contributed by atoms with E-state index in [0.29, 0.717) is 37.4 Å². The molecule has 3 aromatic rings. The lowest BCUT2D eigenvalue weighted by atomic mass is 10.1. The van der Waals surface area contributed by atoms with Crippen LogP contribution in [0.15, 0.2) is 42.9 Å². The summed E-state index contributed by atoms with van der Waals surface area (Å²) in [7, 11) is 0. The maximum atomic E-state index is 13.0. The Morgan fingerprint density at radius 1 is 0.871 bits per heavy atom. The summed E-state index contributed by atoms with van der Waals surface area (Å²) in [4.78, 5) is 33.9. The van der Waals surface area contributed by atoms with Gasteiger partial charge in [-0.25, -0.2) is 4.52 Å². The Kier molecular flexibility index (Phi) is 5.38. The molecule has 2 aliphatic rings. The Labute approximate surface area is 180 Å². The first-order valence-electron chi connectivity index (χ1n) is 10.8. The molecule has 0 aliphatic carbocycles. The molecule has 0 aromatic carbocycles. The largest absolute Gasteiger partial charge is 0.378 e. The maximum absolute atomic E-state index is 13.0. The molecule has 2 saturated heterocycles. The van der Waals surface area contributed by atoms with Gasteiger partial charge in [0, 0.05) is 44.1 Å². The molecule has 0 saturated carbocycles. The van der Waals surface area contributed by atoms with Crippen LogP contribution >= 0.6 is 0 Å². The molecule has 5 rings (SSSR count). The number of morpholine rings is 1. The van der Waals surface area contributed by atoms with Crippen LogP contribution in [-0.4, -0.2) is 75.6 Å². The summed E-state index contributed by atoms with van der Waals surface area (Å²) in [5, 5.41) is 4.50. The molecule has 5 heterocycles. The van der Waals surface area contributed by atoms with Gasteiger partial charge in [-0.05, 0) is 37.5 Å². The Morgan fingerprint density at radius 2 is 1.65 bits per heavy atom. The lowest BCUT2D eigenvalue weighted by molar-refractivity contribution is 0.0302. The molecule has 8 heteroatoms. The third-order valence-corrected chi connectivity index (χ3v) is 6.00. The van der Waals surface area contributed by atoms with Gasteiger partial charge < -0.3 is 14.5 Å². The molecule has 2 aliphatic heterocycles. The Hall–Kier alpha value is -3.26. The third-order valence-electron chi connectivity index (χ3n) is 6.00. The van der Waals surface area contributed by atoms with Crippen molar-refractivity contribution in [2.75, 3.05) is 39.4 Å². The molecule has 0 N–H and O–H groups in total. The number of nitrogens with zero attached hydrogens (tertiary/aromatic N) is 5. The van der Waals surface area contributed by atoms with Crippen LogP contribution in [0.5, 0.6) is 0 Å². The summed E-state index contributed by atoms with van der Waals surface area (Å²) < 4.78 is 7.10. The van der Waals surface area contributed by atoms with Gasteiger partial charge >= 0.3 is 0 Å². The van der Waals surface area contributed by atoms with Crippen molar-refractivity contribution in [1.29, 1.82) is 0 Å². The predicted molar refractivity (Wildman–Crippen MR) is 115 cm³/mol. The van der Waals surface area contributed by atoms with Gasteiger partial charge in [-0.3, -0.25) is 14.6 Å². The van der Waals surface area contributed by atoms with Crippen molar-refractivity contribution in [2.24, 2.45) is 0 Å². The minimum absolute atomic E-state index is 0.0289. The van der Waals surface area contributed by atoms with Crippen molar-refractivity contribution in [3.63, 3.8) is 0 Å². The molecular weight excluding hydrogens is 394 g/mol. The topological polar surface area (TPSA) is 80.0 Å². The quantitative estimate of drug-likeness (QED) is 0.652. The van der Waals surface area contributed by atoms with E-state index < -0.39 is 0 Å². The second-order valence-corrected chi connectivity index (χ2v) is 7.99. The number of fused-ring (bicyclic) bond motifs is 1. The van der Waals surface area contributed by atoms with Gasteiger partial charge in [-0.15, -0.1) is 0 Å². The highest BCUT2D eigenvalue weighted by molar-refractivity contribution is 6.01. The van der Waals surface area contributed by atoms with Crippen LogP contribution in [0.25, 0.3) is 16.8 Å². The monoisotopic (exact) mass is 419 g/mol. The van der Waals surface area contributed by atoms with Gasteiger partial charge in [-0.2, -0.15) is 5.10 Å². The molecule has 0 radical (unpaired) electrons. The summed E-state index contributed by atoms with van der Waals surface area (Å²) in [5.41, 5.74) is 3.48. The van der Waals surface area contributed by atoms with Gasteiger partial charge in [0.15, 0.2) is 0 Å². The first-order chi connectivity index (χ1) is 15.2. The van der Waals surface area contributed by atoms with Crippen molar-refractivity contribution in [3.8, 4) is 11.3 Å². The summed E-state index contributed by atoms with van der Waals surface area (Å²) in [6.45, 7) is 3.87. The van der Waals surface area contributed by atoms with Crippen molar-refractivity contribution in [1.82, 2.24) is 24.4 Å². The van der Waals surface area contributed by atoms with Gasteiger partial charge in [0.2, 0.25) is 0 Å². The fourth-order valence-electron chi connectivity index (χ4n) is 4.31. The van der Waals surface area contributed by atoms with Crippen LogP contribution in [-0.2, 0) is 4.74 Å². The van der Waals surface area contributed by atoms with E-state index in [-0.39, 0.29) is 11.8 Å². The van der Waals surface area contributed by atoms with Crippen molar-refractivity contribution < 1.29 is 14.3 Å². The number of likely N-dealkylation sites (tertiary alicyclic amines) is 1. The standard InChI is InChI=1S/C23H25N5O3/c29-22(27-9-11-31-12-10-27)18-13-17(14-24-15-18)20-5-4-6-21-19(16-25-28(20)21)23(30)26-7-2-1-3-8-26/h4-6,13-16H,1-3,7-12H2. The number of rotatable bonds is 3. The van der Waals surface area contributed by atoms with Crippen LogP contribution in [0.3, 0.4) is 0 Å². The second-order valence-electron chi connectivity index (χ2n) is 7.99. The van der Waals surface area contributed by atoms with Crippen LogP contribution in [0.2, 0.25) is 0 Å². The zero-order chi connectivity index (χ0) is 21.2. The van der Waals surface area contributed by atoms with Gasteiger partial charge in [0.05, 0.1) is 41.7 Å². The molecule has 2 amide bonds. The Bertz CT molecular complexity index is 1110. The molecular formula is C23H25N5O3. The van der Waals surface area contributed by atoms with Crippen LogP contribution < -0.4 is 0 Å². The Balaban J connectivity index is 1.47. The fourth-order valence-corrected chi connectivity index (χ4v) is 4.31. The number of amides is 2. The van der Waals surface area contributed by atoms with Crippen LogP contribution in [0.4, 0.5) is 0 Å². The number of pyridine rings is 2. The minimum Gasteiger partial charge on any atom is -0.378 e. The summed E-state index contributed by atoms with van der Waals surface area (Å²) in [5.74, 6) is -0.0209. The van der Waals surface area contributed by atoms with Crippen LogP contribution in [0.1, 0.15) is 40.0 Å². The lowest BCUT2D eigenvalue weighted by Crippen LogP contribution is -2.40. The molecule has 160 valence electrons.